The van der Waals surface area contributed by atoms with Crippen LogP contribution >= 0.6 is 0 Å². The fourth-order valence-electron chi connectivity index (χ4n) is 2.31. The number of carbonyl (C=O) groups is 1. The smallest absolute Gasteiger partial charge is 0.224 e. The Morgan fingerprint density at radius 2 is 1.74 bits per heavy atom. The number of amides is 1. The van der Waals surface area contributed by atoms with Gasteiger partial charge in [0.15, 0.2) is 0 Å². The van der Waals surface area contributed by atoms with Gasteiger partial charge in [-0.05, 0) is 29.2 Å². The summed E-state index contributed by atoms with van der Waals surface area (Å²) in [6.07, 6.45) is 2.43. The lowest BCUT2D eigenvalue weighted by Gasteiger charge is -2.14. The summed E-state index contributed by atoms with van der Waals surface area (Å²) in [5, 5.41) is 5.48. The molecule has 0 saturated carbocycles. The van der Waals surface area contributed by atoms with Gasteiger partial charge < -0.3 is 5.32 Å². The molecule has 0 radical (unpaired) electrons. The van der Waals surface area contributed by atoms with Gasteiger partial charge in [0.2, 0.25) is 5.91 Å². The van der Waals surface area contributed by atoms with E-state index in [1.165, 1.54) is 10.8 Å². The number of fused-ring (bicyclic) bond motifs is 1. The molecule has 2 heteroatoms. The van der Waals surface area contributed by atoms with Crippen molar-refractivity contribution in [3.63, 3.8) is 0 Å². The third-order valence-electron chi connectivity index (χ3n) is 3.53. The van der Waals surface area contributed by atoms with E-state index in [2.05, 4.69) is 43.4 Å². The molecule has 1 N–H and O–H groups in total. The second-order valence-corrected chi connectivity index (χ2v) is 4.94. The van der Waals surface area contributed by atoms with Crippen molar-refractivity contribution in [2.24, 2.45) is 0 Å². The zero-order valence-electron chi connectivity index (χ0n) is 11.6. The van der Waals surface area contributed by atoms with Gasteiger partial charge in [-0.25, -0.2) is 0 Å². The lowest BCUT2D eigenvalue weighted by atomic mass is 10.0. The molecule has 0 heterocycles. The number of nitrogens with one attached hydrogen (secondary N) is 1. The summed E-state index contributed by atoms with van der Waals surface area (Å²) in [6.45, 7) is 4.20. The van der Waals surface area contributed by atoms with Gasteiger partial charge in [-0.15, -0.1) is 0 Å². The molecule has 19 heavy (non-hydrogen) atoms. The van der Waals surface area contributed by atoms with Gasteiger partial charge in [-0.3, -0.25) is 4.79 Å². The third-order valence-corrected chi connectivity index (χ3v) is 3.53. The van der Waals surface area contributed by atoms with E-state index in [-0.39, 0.29) is 5.91 Å². The molecular formula is C17H21NO. The van der Waals surface area contributed by atoms with Crippen LogP contribution in [0.2, 0.25) is 0 Å². The molecule has 0 saturated heterocycles. The van der Waals surface area contributed by atoms with E-state index in [0.717, 1.165) is 18.4 Å². The third kappa shape index (κ3) is 3.57. The minimum atomic E-state index is 0.115. The molecule has 0 aromatic heterocycles. The zero-order chi connectivity index (χ0) is 13.7. The highest BCUT2D eigenvalue weighted by atomic mass is 16.1. The minimum Gasteiger partial charge on any atom is -0.353 e. The Labute approximate surface area is 114 Å². The van der Waals surface area contributed by atoms with Crippen molar-refractivity contribution < 1.29 is 4.79 Å². The molecule has 0 aliphatic rings. The van der Waals surface area contributed by atoms with Crippen LogP contribution in [0.5, 0.6) is 0 Å². The molecule has 0 bridgehead atoms. The topological polar surface area (TPSA) is 29.1 Å². The standard InChI is InChI=1S/C17H21NO/c1-3-16(4-2)18-17(19)12-13-9-10-14-7-5-6-8-15(14)11-13/h5-11,16H,3-4,12H2,1-2H3,(H,18,19). The highest BCUT2D eigenvalue weighted by molar-refractivity contribution is 5.85. The lowest BCUT2D eigenvalue weighted by Crippen LogP contribution is -2.34. The molecule has 2 rings (SSSR count). The van der Waals surface area contributed by atoms with Gasteiger partial charge in [0.05, 0.1) is 6.42 Å². The molecule has 0 fully saturated rings. The Hall–Kier alpha value is -1.83. The quantitative estimate of drug-likeness (QED) is 0.867. The van der Waals surface area contributed by atoms with Crippen LogP contribution in [-0.2, 0) is 11.2 Å². The van der Waals surface area contributed by atoms with E-state index >= 15 is 0 Å². The van der Waals surface area contributed by atoms with Crippen LogP contribution in [0.1, 0.15) is 32.3 Å². The van der Waals surface area contributed by atoms with E-state index in [4.69, 9.17) is 0 Å². The predicted molar refractivity (Wildman–Crippen MR) is 80.2 cm³/mol. The monoisotopic (exact) mass is 255 g/mol. The van der Waals surface area contributed by atoms with Crippen LogP contribution in [0.3, 0.4) is 0 Å². The van der Waals surface area contributed by atoms with Gasteiger partial charge in [0, 0.05) is 6.04 Å². The Kier molecular flexibility index (Phi) is 4.56. The molecule has 0 aliphatic carbocycles. The Morgan fingerprint density at radius 3 is 2.42 bits per heavy atom. The summed E-state index contributed by atoms with van der Waals surface area (Å²) in [5.74, 6) is 0.115. The van der Waals surface area contributed by atoms with Crippen LogP contribution in [0.15, 0.2) is 42.5 Å². The maximum atomic E-state index is 12.0. The van der Waals surface area contributed by atoms with E-state index < -0.39 is 0 Å². The number of carbonyl (C=O) groups excluding carboxylic acids is 1. The summed E-state index contributed by atoms with van der Waals surface area (Å²) >= 11 is 0. The summed E-state index contributed by atoms with van der Waals surface area (Å²) in [5.41, 5.74) is 1.07. The molecule has 0 unspecified atom stereocenters. The van der Waals surface area contributed by atoms with E-state index in [1.54, 1.807) is 0 Å². The first kappa shape index (κ1) is 13.6. The van der Waals surface area contributed by atoms with Crippen molar-refractivity contribution in [3.05, 3.63) is 48.0 Å². The van der Waals surface area contributed by atoms with E-state index in [1.807, 2.05) is 18.2 Å². The highest BCUT2D eigenvalue weighted by Gasteiger charge is 2.09. The second kappa shape index (κ2) is 6.37. The number of hydrogen-bond acceptors (Lipinski definition) is 1. The van der Waals surface area contributed by atoms with E-state index in [0.29, 0.717) is 12.5 Å². The summed E-state index contributed by atoms with van der Waals surface area (Å²) in [7, 11) is 0. The molecule has 100 valence electrons. The number of benzene rings is 2. The minimum absolute atomic E-state index is 0.115. The Morgan fingerprint density at radius 1 is 1.05 bits per heavy atom. The zero-order valence-corrected chi connectivity index (χ0v) is 11.6. The van der Waals surface area contributed by atoms with Gasteiger partial charge in [-0.1, -0.05) is 56.3 Å². The van der Waals surface area contributed by atoms with Crippen molar-refractivity contribution in [3.8, 4) is 0 Å². The van der Waals surface area contributed by atoms with Crippen molar-refractivity contribution in [2.75, 3.05) is 0 Å². The van der Waals surface area contributed by atoms with Gasteiger partial charge in [0.25, 0.3) is 0 Å². The van der Waals surface area contributed by atoms with Crippen molar-refractivity contribution in [1.29, 1.82) is 0 Å². The average molecular weight is 255 g/mol. The fraction of sp³-hybridized carbons (Fsp3) is 0.353. The molecular weight excluding hydrogens is 234 g/mol. The normalized spacial score (nSPS) is 10.9. The first-order valence-electron chi connectivity index (χ1n) is 7.00. The Bertz CT molecular complexity index is 558. The molecule has 0 aliphatic heterocycles. The number of rotatable bonds is 5. The van der Waals surface area contributed by atoms with Crippen LogP contribution in [0, 0.1) is 0 Å². The maximum absolute atomic E-state index is 12.0. The maximum Gasteiger partial charge on any atom is 0.224 e. The molecule has 0 spiro atoms. The summed E-state index contributed by atoms with van der Waals surface area (Å²) in [4.78, 5) is 12.0. The molecule has 1 amide bonds. The van der Waals surface area contributed by atoms with Crippen molar-refractivity contribution in [2.45, 2.75) is 39.2 Å². The lowest BCUT2D eigenvalue weighted by molar-refractivity contribution is -0.121. The Balaban J connectivity index is 2.06. The second-order valence-electron chi connectivity index (χ2n) is 4.94. The van der Waals surface area contributed by atoms with E-state index in [9.17, 15) is 4.79 Å². The summed E-state index contributed by atoms with van der Waals surface area (Å²) < 4.78 is 0. The molecule has 2 aromatic rings. The average Bonchev–Trinajstić information content (AvgIpc) is 2.44. The fourth-order valence-corrected chi connectivity index (χ4v) is 2.31. The summed E-state index contributed by atoms with van der Waals surface area (Å²) in [6, 6.07) is 14.7. The van der Waals surface area contributed by atoms with Crippen LogP contribution in [0.4, 0.5) is 0 Å². The first-order valence-corrected chi connectivity index (χ1v) is 7.00. The van der Waals surface area contributed by atoms with Gasteiger partial charge in [0.1, 0.15) is 0 Å². The van der Waals surface area contributed by atoms with Crippen LogP contribution in [-0.4, -0.2) is 11.9 Å². The van der Waals surface area contributed by atoms with Crippen molar-refractivity contribution >= 4 is 16.7 Å². The largest absolute Gasteiger partial charge is 0.353 e. The highest BCUT2D eigenvalue weighted by Crippen LogP contribution is 2.16. The van der Waals surface area contributed by atoms with Crippen LogP contribution < -0.4 is 5.32 Å². The van der Waals surface area contributed by atoms with Crippen molar-refractivity contribution in [1.82, 2.24) is 5.32 Å². The van der Waals surface area contributed by atoms with Crippen LogP contribution in [0.25, 0.3) is 10.8 Å². The molecule has 2 nitrogen and oxygen atoms in total. The number of hydrogen-bond donors (Lipinski definition) is 1. The SMILES string of the molecule is CCC(CC)NC(=O)Cc1ccc2ccccc2c1. The van der Waals surface area contributed by atoms with Gasteiger partial charge >= 0.3 is 0 Å². The molecule has 0 atom stereocenters. The first-order chi connectivity index (χ1) is 9.22. The molecule has 2 aromatic carbocycles. The predicted octanol–water partition coefficient (Wildman–Crippen LogP) is 3.69. The van der Waals surface area contributed by atoms with Gasteiger partial charge in [-0.2, -0.15) is 0 Å².